The van der Waals surface area contributed by atoms with Crippen LogP contribution in [0.2, 0.25) is 5.02 Å². The van der Waals surface area contributed by atoms with E-state index in [0.29, 0.717) is 22.9 Å². The van der Waals surface area contributed by atoms with Crippen molar-refractivity contribution < 1.29 is 19.2 Å². The lowest BCUT2D eigenvalue weighted by Crippen LogP contribution is -2.26. The van der Waals surface area contributed by atoms with Gasteiger partial charge in [-0.25, -0.2) is 4.79 Å². The summed E-state index contributed by atoms with van der Waals surface area (Å²) in [6, 6.07) is 3.79. The van der Waals surface area contributed by atoms with Gasteiger partial charge in [-0.05, 0) is 48.3 Å². The van der Waals surface area contributed by atoms with Crippen LogP contribution in [0.5, 0.6) is 0 Å². The lowest BCUT2D eigenvalue weighted by Gasteiger charge is -2.33. The SMILES string of the molecule is COC(=O)c1c(NC(=O)c2cc(Cl)ccc2[N+](=O)[O-])sc2c1CCC(C(C)(C)C)C2. The van der Waals surface area contributed by atoms with Crippen LogP contribution in [0.15, 0.2) is 18.2 Å². The first-order chi connectivity index (χ1) is 14.0. The summed E-state index contributed by atoms with van der Waals surface area (Å²) in [6.07, 6.45) is 2.45. The predicted molar refractivity (Wildman–Crippen MR) is 117 cm³/mol. The van der Waals surface area contributed by atoms with Gasteiger partial charge in [-0.2, -0.15) is 0 Å². The van der Waals surface area contributed by atoms with Crippen LogP contribution in [-0.2, 0) is 17.6 Å². The Morgan fingerprint density at radius 1 is 1.33 bits per heavy atom. The molecule has 1 unspecified atom stereocenters. The third-order valence-corrected chi connectivity index (χ3v) is 6.91. The van der Waals surface area contributed by atoms with Crippen LogP contribution in [0.3, 0.4) is 0 Å². The first-order valence-electron chi connectivity index (χ1n) is 9.51. The highest BCUT2D eigenvalue weighted by molar-refractivity contribution is 7.17. The molecule has 1 aliphatic carbocycles. The number of rotatable bonds is 4. The Hall–Kier alpha value is -2.45. The van der Waals surface area contributed by atoms with Gasteiger partial charge in [0.05, 0.1) is 17.6 Å². The van der Waals surface area contributed by atoms with E-state index in [1.54, 1.807) is 0 Å². The molecule has 9 heteroatoms. The molecule has 30 heavy (non-hydrogen) atoms. The Morgan fingerprint density at radius 2 is 2.03 bits per heavy atom. The van der Waals surface area contributed by atoms with E-state index in [1.165, 1.54) is 36.6 Å². The van der Waals surface area contributed by atoms with Crippen LogP contribution in [0.1, 0.15) is 58.3 Å². The summed E-state index contributed by atoms with van der Waals surface area (Å²) < 4.78 is 4.95. The minimum Gasteiger partial charge on any atom is -0.465 e. The zero-order valence-corrected chi connectivity index (χ0v) is 18.8. The van der Waals surface area contributed by atoms with E-state index in [-0.39, 0.29) is 21.7 Å². The second-order valence-electron chi connectivity index (χ2n) is 8.38. The molecule has 1 atom stereocenters. The van der Waals surface area contributed by atoms with Crippen molar-refractivity contribution in [1.82, 2.24) is 0 Å². The Balaban J connectivity index is 2.00. The number of esters is 1. The van der Waals surface area contributed by atoms with Gasteiger partial charge in [-0.3, -0.25) is 14.9 Å². The maximum atomic E-state index is 12.9. The van der Waals surface area contributed by atoms with E-state index in [0.717, 1.165) is 23.3 Å². The number of amides is 1. The average molecular weight is 451 g/mol. The molecule has 1 amide bonds. The molecule has 7 nitrogen and oxygen atoms in total. The second kappa shape index (κ2) is 8.35. The predicted octanol–water partition coefficient (Wildman–Crippen LogP) is 5.50. The van der Waals surface area contributed by atoms with Crippen molar-refractivity contribution in [3.8, 4) is 0 Å². The van der Waals surface area contributed by atoms with Gasteiger partial charge in [-0.15, -0.1) is 11.3 Å². The van der Waals surface area contributed by atoms with Gasteiger partial charge in [0.2, 0.25) is 0 Å². The number of anilines is 1. The number of carbonyl (C=O) groups excluding carboxylic acids is 2. The van der Waals surface area contributed by atoms with Crippen molar-refractivity contribution in [2.24, 2.45) is 11.3 Å². The molecule has 2 aromatic rings. The number of thiophene rings is 1. The molecule has 0 saturated carbocycles. The second-order valence-corrected chi connectivity index (χ2v) is 9.92. The van der Waals surface area contributed by atoms with E-state index >= 15 is 0 Å². The average Bonchev–Trinajstić information content (AvgIpc) is 3.03. The van der Waals surface area contributed by atoms with Crippen LogP contribution in [-0.4, -0.2) is 23.9 Å². The molecule has 0 aliphatic heterocycles. The molecule has 1 aromatic carbocycles. The number of carbonyl (C=O) groups is 2. The fourth-order valence-electron chi connectivity index (χ4n) is 3.75. The van der Waals surface area contributed by atoms with Crippen molar-refractivity contribution in [1.29, 1.82) is 0 Å². The number of nitrogens with zero attached hydrogens (tertiary/aromatic N) is 1. The molecule has 0 radical (unpaired) electrons. The quantitative estimate of drug-likeness (QED) is 0.376. The van der Waals surface area contributed by atoms with Crippen molar-refractivity contribution in [3.05, 3.63) is 54.9 Å². The number of halogens is 1. The first kappa shape index (κ1) is 22.2. The Kier molecular flexibility index (Phi) is 6.19. The zero-order valence-electron chi connectivity index (χ0n) is 17.2. The van der Waals surface area contributed by atoms with Gasteiger partial charge in [0.25, 0.3) is 11.6 Å². The molecule has 1 heterocycles. The molecule has 1 aromatic heterocycles. The highest BCUT2D eigenvalue weighted by Crippen LogP contribution is 2.44. The van der Waals surface area contributed by atoms with E-state index in [9.17, 15) is 19.7 Å². The minimum atomic E-state index is -0.694. The van der Waals surface area contributed by atoms with Crippen LogP contribution in [0.25, 0.3) is 0 Å². The summed E-state index contributed by atoms with van der Waals surface area (Å²) in [4.78, 5) is 37.1. The maximum Gasteiger partial charge on any atom is 0.341 e. The number of hydrogen-bond acceptors (Lipinski definition) is 6. The van der Waals surface area contributed by atoms with Crippen molar-refractivity contribution >= 4 is 45.5 Å². The van der Waals surface area contributed by atoms with Crippen LogP contribution >= 0.6 is 22.9 Å². The summed E-state index contributed by atoms with van der Waals surface area (Å²) in [5.41, 5.74) is 0.830. The number of ether oxygens (including phenoxy) is 1. The summed E-state index contributed by atoms with van der Waals surface area (Å²) in [5, 5.41) is 14.6. The third-order valence-electron chi connectivity index (χ3n) is 5.51. The number of benzene rings is 1. The molecule has 160 valence electrons. The van der Waals surface area contributed by atoms with Crippen LogP contribution in [0.4, 0.5) is 10.7 Å². The molecule has 0 spiro atoms. The topological polar surface area (TPSA) is 98.5 Å². The van der Waals surface area contributed by atoms with Gasteiger partial charge in [0, 0.05) is 16.0 Å². The van der Waals surface area contributed by atoms with Gasteiger partial charge in [-0.1, -0.05) is 32.4 Å². The fourth-order valence-corrected chi connectivity index (χ4v) is 5.23. The summed E-state index contributed by atoms with van der Waals surface area (Å²) in [5.74, 6) is -0.773. The van der Waals surface area contributed by atoms with Crippen molar-refractivity contribution in [3.63, 3.8) is 0 Å². The standard InChI is InChI=1S/C21H23ClN2O5S/c1-21(2,3)11-5-7-13-16(9-11)30-19(17(13)20(26)29-4)23-18(25)14-10-12(22)6-8-15(14)24(27)28/h6,8,10-11H,5,7,9H2,1-4H3,(H,23,25). The molecular weight excluding hydrogens is 428 g/mol. The molecule has 1 N–H and O–H groups in total. The van der Waals surface area contributed by atoms with Gasteiger partial charge < -0.3 is 10.1 Å². The van der Waals surface area contributed by atoms with Crippen LogP contribution in [0, 0.1) is 21.4 Å². The molecule has 0 fully saturated rings. The number of nitro groups is 1. The van der Waals surface area contributed by atoms with E-state index in [2.05, 4.69) is 26.1 Å². The third kappa shape index (κ3) is 4.34. The van der Waals surface area contributed by atoms with E-state index in [4.69, 9.17) is 16.3 Å². The highest BCUT2D eigenvalue weighted by Gasteiger charge is 2.34. The van der Waals surface area contributed by atoms with Gasteiger partial charge in [0.15, 0.2) is 0 Å². The van der Waals surface area contributed by atoms with Crippen LogP contribution < -0.4 is 5.32 Å². The van der Waals surface area contributed by atoms with Gasteiger partial charge >= 0.3 is 5.97 Å². The van der Waals surface area contributed by atoms with Gasteiger partial charge in [0.1, 0.15) is 10.6 Å². The van der Waals surface area contributed by atoms with Crippen molar-refractivity contribution in [2.45, 2.75) is 40.0 Å². The largest absolute Gasteiger partial charge is 0.465 e. The zero-order chi connectivity index (χ0) is 22.2. The number of methoxy groups -OCH3 is 1. The first-order valence-corrected chi connectivity index (χ1v) is 10.7. The molecule has 0 saturated heterocycles. The van der Waals surface area contributed by atoms with Crippen molar-refractivity contribution in [2.75, 3.05) is 12.4 Å². The monoisotopic (exact) mass is 450 g/mol. The maximum absolute atomic E-state index is 12.9. The summed E-state index contributed by atoms with van der Waals surface area (Å²) >= 11 is 7.27. The number of nitro benzene ring substituents is 1. The van der Waals surface area contributed by atoms with E-state index in [1.807, 2.05) is 0 Å². The molecule has 1 aliphatic rings. The van der Waals surface area contributed by atoms with E-state index < -0.39 is 16.8 Å². The number of hydrogen-bond donors (Lipinski definition) is 1. The number of nitrogens with one attached hydrogen (secondary N) is 1. The number of fused-ring (bicyclic) bond motifs is 1. The summed E-state index contributed by atoms with van der Waals surface area (Å²) in [7, 11) is 1.29. The normalized spacial score (nSPS) is 16.0. The Labute approximate surface area is 183 Å². The Bertz CT molecular complexity index is 1030. The smallest absolute Gasteiger partial charge is 0.341 e. The molecule has 3 rings (SSSR count). The lowest BCUT2D eigenvalue weighted by atomic mass is 9.72. The fraction of sp³-hybridized carbons (Fsp3) is 0.429. The lowest BCUT2D eigenvalue weighted by molar-refractivity contribution is -0.385. The minimum absolute atomic E-state index is 0.123. The molecule has 0 bridgehead atoms. The highest BCUT2D eigenvalue weighted by atomic mass is 35.5. The molecular formula is C21H23ClN2O5S. The Morgan fingerprint density at radius 3 is 2.63 bits per heavy atom. The summed E-state index contributed by atoms with van der Waals surface area (Å²) in [6.45, 7) is 6.58.